The van der Waals surface area contributed by atoms with Crippen LogP contribution in [0.5, 0.6) is 0 Å². The Labute approximate surface area is 117 Å². The molecule has 6 nitrogen and oxygen atoms in total. The van der Waals surface area contributed by atoms with Crippen LogP contribution < -0.4 is 10.0 Å². The number of rotatable bonds is 5. The molecule has 0 radical (unpaired) electrons. The van der Waals surface area contributed by atoms with Crippen molar-refractivity contribution in [3.8, 4) is 0 Å². The van der Waals surface area contributed by atoms with Gasteiger partial charge in [-0.25, -0.2) is 13.4 Å². The molecule has 2 heterocycles. The molecule has 0 saturated heterocycles. The van der Waals surface area contributed by atoms with Gasteiger partial charge in [0.15, 0.2) is 9.80 Å². The van der Waals surface area contributed by atoms with Crippen molar-refractivity contribution in [1.82, 2.24) is 10.3 Å². The highest BCUT2D eigenvalue weighted by atomic mass is 79.9. The summed E-state index contributed by atoms with van der Waals surface area (Å²) < 4.78 is 32.0. The van der Waals surface area contributed by atoms with Gasteiger partial charge >= 0.3 is 0 Å². The Morgan fingerprint density at radius 1 is 1.56 bits per heavy atom. The van der Waals surface area contributed by atoms with Gasteiger partial charge in [-0.1, -0.05) is 0 Å². The molecule has 18 heavy (non-hydrogen) atoms. The molecule has 0 aliphatic carbocycles. The number of anilines is 1. The molecule has 0 unspecified atom stereocenters. The molecule has 98 valence electrons. The molecule has 0 aromatic carbocycles. The average Bonchev–Trinajstić information content (AvgIpc) is 2.88. The van der Waals surface area contributed by atoms with Gasteiger partial charge in [-0.15, -0.1) is 11.3 Å². The van der Waals surface area contributed by atoms with E-state index in [0.29, 0.717) is 17.4 Å². The van der Waals surface area contributed by atoms with Crippen molar-refractivity contribution in [2.45, 2.75) is 11.4 Å². The highest BCUT2D eigenvalue weighted by Gasteiger charge is 2.23. The van der Waals surface area contributed by atoms with Gasteiger partial charge in [0.1, 0.15) is 10.7 Å². The average molecular weight is 352 g/mol. The third-order valence-corrected chi connectivity index (χ3v) is 5.01. The summed E-state index contributed by atoms with van der Waals surface area (Å²) in [7, 11) is -1.93. The van der Waals surface area contributed by atoms with Crippen molar-refractivity contribution in [2.24, 2.45) is 0 Å². The first-order valence-electron chi connectivity index (χ1n) is 4.88. The summed E-state index contributed by atoms with van der Waals surface area (Å²) in [6, 6.07) is 1.47. The second-order valence-corrected chi connectivity index (χ2v) is 6.59. The zero-order valence-electron chi connectivity index (χ0n) is 9.31. The molecule has 0 aliphatic rings. The molecule has 2 rings (SSSR count). The summed E-state index contributed by atoms with van der Waals surface area (Å²) in [6.45, 7) is 0.450. The number of hydrogen-bond acceptors (Lipinski definition) is 6. The molecule has 0 spiro atoms. The highest BCUT2D eigenvalue weighted by Crippen LogP contribution is 2.28. The van der Waals surface area contributed by atoms with E-state index in [9.17, 15) is 8.42 Å². The van der Waals surface area contributed by atoms with E-state index in [1.165, 1.54) is 23.6 Å². The predicted octanol–water partition coefficient (Wildman–Crippen LogP) is 2.02. The Bertz CT molecular complexity index is 622. The van der Waals surface area contributed by atoms with Crippen LogP contribution in [0.15, 0.2) is 31.6 Å². The van der Waals surface area contributed by atoms with Crippen LogP contribution in [0.1, 0.15) is 5.76 Å². The van der Waals surface area contributed by atoms with E-state index in [1.54, 1.807) is 12.4 Å². The lowest BCUT2D eigenvalue weighted by Crippen LogP contribution is -2.12. The SMILES string of the molecule is CNCc1cc(S(=O)(=O)Nc2nccs2)c(Br)o1. The highest BCUT2D eigenvalue weighted by molar-refractivity contribution is 9.10. The number of aromatic nitrogens is 1. The first-order valence-corrected chi connectivity index (χ1v) is 8.03. The topological polar surface area (TPSA) is 84.2 Å². The Hall–Kier alpha value is -0.900. The van der Waals surface area contributed by atoms with E-state index in [4.69, 9.17) is 4.42 Å². The molecule has 0 bridgehead atoms. The van der Waals surface area contributed by atoms with Crippen molar-refractivity contribution in [1.29, 1.82) is 0 Å². The van der Waals surface area contributed by atoms with Gasteiger partial charge in [0, 0.05) is 17.6 Å². The van der Waals surface area contributed by atoms with E-state index in [1.807, 2.05) is 0 Å². The van der Waals surface area contributed by atoms with Crippen LogP contribution >= 0.6 is 27.3 Å². The molecular weight excluding hydrogens is 342 g/mol. The molecular formula is C9H10BrN3O3S2. The summed E-state index contributed by atoms with van der Waals surface area (Å²) >= 11 is 4.30. The second-order valence-electron chi connectivity index (χ2n) is 3.32. The predicted molar refractivity (Wildman–Crippen MR) is 72.1 cm³/mol. The van der Waals surface area contributed by atoms with Gasteiger partial charge in [0.05, 0.1) is 6.54 Å². The van der Waals surface area contributed by atoms with Crippen molar-refractivity contribution in [3.05, 3.63) is 28.1 Å². The lowest BCUT2D eigenvalue weighted by molar-refractivity contribution is 0.470. The molecule has 0 fully saturated rings. The zero-order chi connectivity index (χ0) is 13.2. The third kappa shape index (κ3) is 2.91. The monoisotopic (exact) mass is 351 g/mol. The van der Waals surface area contributed by atoms with E-state index in [2.05, 4.69) is 31.0 Å². The van der Waals surface area contributed by atoms with Crippen molar-refractivity contribution < 1.29 is 12.8 Å². The fraction of sp³-hybridized carbons (Fsp3) is 0.222. The van der Waals surface area contributed by atoms with Crippen molar-refractivity contribution in [3.63, 3.8) is 0 Å². The molecule has 0 atom stereocenters. The Balaban J connectivity index is 2.29. The minimum atomic E-state index is -3.68. The van der Waals surface area contributed by atoms with Crippen molar-refractivity contribution >= 4 is 42.4 Å². The van der Waals surface area contributed by atoms with Crippen LogP contribution in [0, 0.1) is 0 Å². The summed E-state index contributed by atoms with van der Waals surface area (Å²) in [6.07, 6.45) is 1.53. The Morgan fingerprint density at radius 2 is 2.33 bits per heavy atom. The van der Waals surface area contributed by atoms with E-state index in [0.717, 1.165) is 0 Å². The molecule has 0 amide bonds. The Kier molecular flexibility index (Phi) is 4.05. The maximum atomic E-state index is 12.1. The molecule has 2 aromatic rings. The van der Waals surface area contributed by atoms with Gasteiger partial charge in [-0.2, -0.15) is 0 Å². The van der Waals surface area contributed by atoms with Gasteiger partial charge in [-0.3, -0.25) is 4.72 Å². The van der Waals surface area contributed by atoms with Gasteiger partial charge in [-0.05, 0) is 23.0 Å². The standard InChI is InChI=1S/C9H10BrN3O3S2/c1-11-5-6-4-7(8(10)16-6)18(14,15)13-9-12-2-3-17-9/h2-4,11H,5H2,1H3,(H,12,13). The fourth-order valence-corrected chi connectivity index (χ4v) is 4.07. The number of nitrogens with one attached hydrogen (secondary N) is 2. The molecule has 0 aliphatic heterocycles. The molecule has 0 saturated carbocycles. The Morgan fingerprint density at radius 3 is 2.94 bits per heavy atom. The van der Waals surface area contributed by atoms with Gasteiger partial charge in [0.2, 0.25) is 0 Å². The van der Waals surface area contributed by atoms with Crippen LogP contribution in [-0.4, -0.2) is 20.4 Å². The van der Waals surface area contributed by atoms with Crippen LogP contribution in [0.4, 0.5) is 5.13 Å². The van der Waals surface area contributed by atoms with Crippen LogP contribution in [0.3, 0.4) is 0 Å². The van der Waals surface area contributed by atoms with E-state index >= 15 is 0 Å². The minimum Gasteiger partial charge on any atom is -0.451 e. The number of nitrogens with zero attached hydrogens (tertiary/aromatic N) is 1. The van der Waals surface area contributed by atoms with Crippen LogP contribution in [-0.2, 0) is 16.6 Å². The normalized spacial score (nSPS) is 11.7. The molecule has 2 N–H and O–H groups in total. The molecule has 9 heteroatoms. The quantitative estimate of drug-likeness (QED) is 0.860. The maximum absolute atomic E-state index is 12.1. The minimum absolute atomic E-state index is 0.0583. The number of sulfonamides is 1. The van der Waals surface area contributed by atoms with E-state index in [-0.39, 0.29) is 9.56 Å². The van der Waals surface area contributed by atoms with Crippen molar-refractivity contribution in [2.75, 3.05) is 11.8 Å². The largest absolute Gasteiger partial charge is 0.451 e. The summed E-state index contributed by atoms with van der Waals surface area (Å²) in [5, 5.41) is 4.89. The van der Waals surface area contributed by atoms with Crippen LogP contribution in [0.25, 0.3) is 0 Å². The molecule has 2 aromatic heterocycles. The number of thiazole rings is 1. The smallest absolute Gasteiger partial charge is 0.268 e. The number of hydrogen-bond donors (Lipinski definition) is 2. The lowest BCUT2D eigenvalue weighted by Gasteiger charge is -2.01. The number of halogens is 1. The summed E-state index contributed by atoms with van der Waals surface area (Å²) in [5.41, 5.74) is 0. The van der Waals surface area contributed by atoms with Gasteiger partial charge in [0.25, 0.3) is 10.0 Å². The first-order chi connectivity index (χ1) is 8.53. The third-order valence-electron chi connectivity index (χ3n) is 2.00. The zero-order valence-corrected chi connectivity index (χ0v) is 12.5. The summed E-state index contributed by atoms with van der Waals surface area (Å²) in [4.78, 5) is 3.93. The fourth-order valence-electron chi connectivity index (χ4n) is 1.29. The summed E-state index contributed by atoms with van der Waals surface area (Å²) in [5.74, 6) is 0.531. The van der Waals surface area contributed by atoms with Crippen LogP contribution in [0.2, 0.25) is 0 Å². The second kappa shape index (κ2) is 5.39. The van der Waals surface area contributed by atoms with E-state index < -0.39 is 10.0 Å². The number of furan rings is 1. The lowest BCUT2D eigenvalue weighted by atomic mass is 10.4. The first kappa shape index (κ1) is 13.5. The maximum Gasteiger partial charge on any atom is 0.268 e. The van der Waals surface area contributed by atoms with Gasteiger partial charge < -0.3 is 9.73 Å².